The maximum Gasteiger partial charge on any atom is 0.0557 e. The van der Waals surface area contributed by atoms with E-state index in [1.165, 1.54) is 78.5 Å². The van der Waals surface area contributed by atoms with Crippen molar-refractivity contribution in [3.8, 4) is 0 Å². The summed E-state index contributed by atoms with van der Waals surface area (Å²) < 4.78 is 5.34. The van der Waals surface area contributed by atoms with Crippen molar-refractivity contribution in [2.75, 3.05) is 26.3 Å². The first kappa shape index (κ1) is 33.9. The number of rotatable bonds is 7. The number of nitrogens with one attached hydrogen (secondary N) is 1. The molecular weight excluding hydrogens is 583 g/mol. The highest BCUT2D eigenvalue weighted by atomic mass is 16.5. The third-order valence-corrected chi connectivity index (χ3v) is 10.3. The van der Waals surface area contributed by atoms with Gasteiger partial charge in [0.2, 0.25) is 0 Å². The molecule has 48 heavy (non-hydrogen) atoms. The topological polar surface area (TPSA) is 21.3 Å². The minimum Gasteiger partial charge on any atom is -0.380 e. The molecule has 2 nitrogen and oxygen atoms in total. The summed E-state index contributed by atoms with van der Waals surface area (Å²) in [4.78, 5) is 0. The zero-order valence-corrected chi connectivity index (χ0v) is 29.7. The van der Waals surface area contributed by atoms with Gasteiger partial charge in [0.25, 0.3) is 0 Å². The Balaban J connectivity index is 0.000000126. The van der Waals surface area contributed by atoms with Crippen molar-refractivity contribution in [1.82, 2.24) is 5.32 Å². The van der Waals surface area contributed by atoms with Crippen LogP contribution in [0.3, 0.4) is 0 Å². The van der Waals surface area contributed by atoms with Crippen molar-refractivity contribution in [2.24, 2.45) is 0 Å². The van der Waals surface area contributed by atoms with Gasteiger partial charge in [-0.25, -0.2) is 0 Å². The second-order valence-corrected chi connectivity index (χ2v) is 13.8. The number of fused-ring (bicyclic) bond motifs is 3. The molecule has 2 aliphatic heterocycles. The van der Waals surface area contributed by atoms with E-state index in [1.54, 1.807) is 0 Å². The van der Waals surface area contributed by atoms with Crippen LogP contribution in [0.15, 0.2) is 109 Å². The molecule has 0 bridgehead atoms. The van der Waals surface area contributed by atoms with E-state index in [0.29, 0.717) is 11.8 Å². The highest BCUT2D eigenvalue weighted by Gasteiger charge is 2.24. The Bertz CT molecular complexity index is 1950. The van der Waals surface area contributed by atoms with Crippen LogP contribution in [0.2, 0.25) is 0 Å². The molecule has 248 valence electrons. The van der Waals surface area contributed by atoms with E-state index >= 15 is 0 Å². The molecule has 0 saturated carbocycles. The van der Waals surface area contributed by atoms with E-state index in [4.69, 9.17) is 4.74 Å². The molecule has 0 radical (unpaired) electrons. The van der Waals surface area contributed by atoms with E-state index in [9.17, 15) is 0 Å². The molecule has 0 atom stereocenters. The molecule has 0 aromatic heterocycles. The Morgan fingerprint density at radius 1 is 0.562 bits per heavy atom. The third kappa shape index (κ3) is 7.21. The van der Waals surface area contributed by atoms with Crippen molar-refractivity contribution in [3.05, 3.63) is 143 Å². The van der Waals surface area contributed by atoms with Crippen LogP contribution in [0.1, 0.15) is 92.2 Å². The van der Waals surface area contributed by atoms with Crippen molar-refractivity contribution in [1.29, 1.82) is 0 Å². The summed E-state index contributed by atoms with van der Waals surface area (Å²) in [7, 11) is 0. The Morgan fingerprint density at radius 2 is 1.04 bits per heavy atom. The first-order valence-electron chi connectivity index (χ1n) is 18.3. The third-order valence-electron chi connectivity index (χ3n) is 10.3. The van der Waals surface area contributed by atoms with E-state index in [2.05, 4.69) is 149 Å². The lowest BCUT2D eigenvalue weighted by Gasteiger charge is -2.29. The van der Waals surface area contributed by atoms with Crippen LogP contribution in [-0.2, 0) is 24.0 Å². The number of benzene rings is 6. The Labute approximate surface area is 288 Å². The minimum atomic E-state index is 0.570. The van der Waals surface area contributed by atoms with Gasteiger partial charge in [-0.1, -0.05) is 150 Å². The second-order valence-electron chi connectivity index (χ2n) is 13.8. The maximum atomic E-state index is 5.34. The minimum absolute atomic E-state index is 0.570. The zero-order chi connectivity index (χ0) is 33.5. The number of hydrogen-bond donors (Lipinski definition) is 1. The first-order chi connectivity index (χ1) is 23.5. The molecule has 0 aliphatic carbocycles. The second kappa shape index (κ2) is 15.9. The summed E-state index contributed by atoms with van der Waals surface area (Å²) in [5.41, 5.74) is 8.95. The van der Waals surface area contributed by atoms with Gasteiger partial charge in [0.1, 0.15) is 0 Å². The fourth-order valence-corrected chi connectivity index (χ4v) is 7.50. The SMILES string of the molecule is CC(C)c1cccc2cccc(C3COC3)c12.CCCc1cccc2cccc(CC)c12.CCc1cccc2cccc(C3CNC3)c12. The van der Waals surface area contributed by atoms with Gasteiger partial charge in [-0.05, 0) is 90.9 Å². The van der Waals surface area contributed by atoms with Crippen molar-refractivity contribution in [3.63, 3.8) is 0 Å². The summed E-state index contributed by atoms with van der Waals surface area (Å²) in [5.74, 6) is 1.89. The van der Waals surface area contributed by atoms with Crippen molar-refractivity contribution in [2.45, 2.75) is 78.1 Å². The van der Waals surface area contributed by atoms with Gasteiger partial charge in [0, 0.05) is 24.9 Å². The van der Waals surface area contributed by atoms with Crippen molar-refractivity contribution >= 4 is 32.3 Å². The lowest BCUT2D eigenvalue weighted by atomic mass is 9.87. The molecular formula is C46H53NO. The fraction of sp³-hybridized carbons (Fsp3) is 0.348. The van der Waals surface area contributed by atoms with Crippen LogP contribution >= 0.6 is 0 Å². The van der Waals surface area contributed by atoms with Crippen LogP contribution < -0.4 is 5.32 Å². The van der Waals surface area contributed by atoms with Crippen LogP contribution in [0.5, 0.6) is 0 Å². The fourth-order valence-electron chi connectivity index (χ4n) is 7.50. The molecule has 2 aliphatic rings. The summed E-state index contributed by atoms with van der Waals surface area (Å²) >= 11 is 0. The standard InChI is InChI=1S/C16H18O.C15H17N.C15H18/c1-11(2)14-7-3-5-12-6-4-8-15(16(12)14)13-9-17-10-13;1-2-11-5-3-6-12-7-4-8-14(15(11)12)13-9-16-10-13;1-3-7-13-9-6-11-14-10-5-8-12(4-2)15(13)14/h3-8,11,13H,9-10H2,1-2H3;3-8,13,16H,2,9-10H2,1H3;5-6,8-11H,3-4,7H2,1-2H3. The molecule has 2 heterocycles. The average Bonchev–Trinajstić information content (AvgIpc) is 3.07. The van der Waals surface area contributed by atoms with Crippen LogP contribution in [0.25, 0.3) is 32.3 Å². The lowest BCUT2D eigenvalue weighted by Crippen LogP contribution is -2.40. The maximum absolute atomic E-state index is 5.34. The monoisotopic (exact) mass is 635 g/mol. The number of hydrogen-bond acceptors (Lipinski definition) is 2. The highest BCUT2D eigenvalue weighted by Crippen LogP contribution is 2.35. The molecule has 0 unspecified atom stereocenters. The van der Waals surface area contributed by atoms with Gasteiger partial charge in [0.15, 0.2) is 0 Å². The van der Waals surface area contributed by atoms with Crippen LogP contribution in [-0.4, -0.2) is 26.3 Å². The molecule has 6 aromatic rings. The highest BCUT2D eigenvalue weighted by molar-refractivity contribution is 5.91. The molecule has 8 rings (SSSR count). The van der Waals surface area contributed by atoms with Gasteiger partial charge in [-0.2, -0.15) is 0 Å². The largest absolute Gasteiger partial charge is 0.380 e. The lowest BCUT2D eigenvalue weighted by molar-refractivity contribution is 0.00899. The average molecular weight is 636 g/mol. The Hall–Kier alpha value is -3.98. The molecule has 1 N–H and O–H groups in total. The number of aryl methyl sites for hydroxylation is 3. The molecule has 2 saturated heterocycles. The van der Waals surface area contributed by atoms with Crippen LogP contribution in [0, 0.1) is 0 Å². The van der Waals surface area contributed by atoms with Crippen molar-refractivity contribution < 1.29 is 4.74 Å². The van der Waals surface area contributed by atoms with Crippen LogP contribution in [0.4, 0.5) is 0 Å². The van der Waals surface area contributed by atoms with Gasteiger partial charge in [-0.15, -0.1) is 0 Å². The van der Waals surface area contributed by atoms with E-state index < -0.39 is 0 Å². The van der Waals surface area contributed by atoms with E-state index in [0.717, 1.165) is 45.1 Å². The van der Waals surface area contributed by atoms with Gasteiger partial charge >= 0.3 is 0 Å². The Morgan fingerprint density at radius 3 is 1.52 bits per heavy atom. The summed E-state index contributed by atoms with van der Waals surface area (Å²) in [6, 6.07) is 39.9. The predicted octanol–water partition coefficient (Wildman–Crippen LogP) is 11.5. The van der Waals surface area contributed by atoms with Gasteiger partial charge < -0.3 is 10.1 Å². The van der Waals surface area contributed by atoms with Gasteiger partial charge in [-0.3, -0.25) is 0 Å². The van der Waals surface area contributed by atoms with E-state index in [-0.39, 0.29) is 0 Å². The smallest absolute Gasteiger partial charge is 0.0557 e. The molecule has 0 amide bonds. The van der Waals surface area contributed by atoms with Gasteiger partial charge in [0.05, 0.1) is 13.2 Å². The summed E-state index contributed by atoms with van der Waals surface area (Å²) in [6.45, 7) is 15.3. The van der Waals surface area contributed by atoms with E-state index in [1.807, 2.05) is 0 Å². The quantitative estimate of drug-likeness (QED) is 0.188. The normalized spacial score (nSPS) is 14.6. The summed E-state index contributed by atoms with van der Waals surface area (Å²) in [5, 5.41) is 12.0. The molecule has 0 spiro atoms. The summed E-state index contributed by atoms with van der Waals surface area (Å²) in [6.07, 6.45) is 4.65. The predicted molar refractivity (Wildman–Crippen MR) is 208 cm³/mol. The molecule has 6 aromatic carbocycles. The first-order valence-corrected chi connectivity index (χ1v) is 18.3. The molecule has 2 fully saturated rings. The Kier molecular flexibility index (Phi) is 11.3. The zero-order valence-electron chi connectivity index (χ0n) is 29.7. The molecule has 2 heteroatoms. The number of ether oxygens (including phenoxy) is 1.